The fourth-order valence-corrected chi connectivity index (χ4v) is 6.20. The summed E-state index contributed by atoms with van der Waals surface area (Å²) in [6, 6.07) is 2.69. The Bertz CT molecular complexity index is 1340. The zero-order chi connectivity index (χ0) is 23.2. The largest absolute Gasteiger partial charge is 0.379 e. The van der Waals surface area contributed by atoms with E-state index in [1.165, 1.54) is 0 Å². The molecule has 0 aromatic carbocycles. The second kappa shape index (κ2) is 9.07. The van der Waals surface area contributed by atoms with Crippen molar-refractivity contribution in [2.24, 2.45) is 0 Å². The maximum atomic E-state index is 5.60. The van der Waals surface area contributed by atoms with Gasteiger partial charge in [0.05, 0.1) is 44.7 Å². The van der Waals surface area contributed by atoms with Gasteiger partial charge < -0.3 is 19.4 Å². The summed E-state index contributed by atoms with van der Waals surface area (Å²) < 4.78 is 11.1. The molecule has 11 heteroatoms. The van der Waals surface area contributed by atoms with Crippen molar-refractivity contribution in [3.8, 4) is 11.4 Å². The monoisotopic (exact) mass is 492 g/mol. The van der Waals surface area contributed by atoms with Crippen LogP contribution in [0.2, 0.25) is 0 Å². The number of pyridine rings is 1. The quantitative estimate of drug-likeness (QED) is 0.449. The van der Waals surface area contributed by atoms with Gasteiger partial charge in [-0.2, -0.15) is 0 Å². The summed E-state index contributed by atoms with van der Waals surface area (Å²) in [5, 5.41) is 2.17. The zero-order valence-electron chi connectivity index (χ0n) is 19.5. The van der Waals surface area contributed by atoms with Gasteiger partial charge in [0.2, 0.25) is 0 Å². The van der Waals surface area contributed by atoms with E-state index < -0.39 is 0 Å². The highest BCUT2D eigenvalue weighted by atomic mass is 32.1. The Hall–Kier alpha value is -2.70. The summed E-state index contributed by atoms with van der Waals surface area (Å²) in [5.74, 6) is 1.60. The SMILES string of the molecule is c1cc2c(-c3nc(N4CCOCC4)c4nc(CN5CC(N6CCOCC6)C5)sc4n3)cncc2[nH]1. The van der Waals surface area contributed by atoms with Crippen LogP contribution in [0.1, 0.15) is 5.01 Å². The molecule has 4 aromatic heterocycles. The number of morpholine rings is 2. The summed E-state index contributed by atoms with van der Waals surface area (Å²) in [5.41, 5.74) is 2.82. The molecule has 0 radical (unpaired) electrons. The fourth-order valence-electron chi connectivity index (χ4n) is 5.23. The number of ether oxygens (including phenoxy) is 2. The van der Waals surface area contributed by atoms with Crippen LogP contribution in [0.3, 0.4) is 0 Å². The molecular formula is C24H28N8O2S. The van der Waals surface area contributed by atoms with E-state index in [9.17, 15) is 0 Å². The first-order valence-electron chi connectivity index (χ1n) is 12.3. The van der Waals surface area contributed by atoms with Crippen molar-refractivity contribution in [2.75, 3.05) is 70.6 Å². The molecule has 7 heterocycles. The van der Waals surface area contributed by atoms with Crippen LogP contribution in [-0.2, 0) is 16.0 Å². The molecule has 0 unspecified atom stereocenters. The number of hydrogen-bond acceptors (Lipinski definition) is 10. The number of aromatic amines is 1. The van der Waals surface area contributed by atoms with Crippen LogP contribution in [-0.4, -0.2) is 106 Å². The average Bonchev–Trinajstić information content (AvgIpc) is 3.53. The van der Waals surface area contributed by atoms with Crippen molar-refractivity contribution in [3.05, 3.63) is 29.7 Å². The second-order valence-corrected chi connectivity index (χ2v) is 10.4. The van der Waals surface area contributed by atoms with Crippen LogP contribution in [0.25, 0.3) is 32.6 Å². The van der Waals surface area contributed by atoms with Crippen LogP contribution in [0.5, 0.6) is 0 Å². The highest BCUT2D eigenvalue weighted by Gasteiger charge is 2.33. The van der Waals surface area contributed by atoms with E-state index >= 15 is 0 Å². The van der Waals surface area contributed by atoms with Crippen molar-refractivity contribution in [2.45, 2.75) is 12.6 Å². The molecule has 3 saturated heterocycles. The van der Waals surface area contributed by atoms with Crippen molar-refractivity contribution in [1.29, 1.82) is 0 Å². The Morgan fingerprint density at radius 3 is 2.60 bits per heavy atom. The van der Waals surface area contributed by atoms with Crippen molar-refractivity contribution >= 4 is 38.4 Å². The summed E-state index contributed by atoms with van der Waals surface area (Å²) in [6.45, 7) is 9.83. The van der Waals surface area contributed by atoms with E-state index in [1.807, 2.05) is 18.6 Å². The number of nitrogens with zero attached hydrogens (tertiary/aromatic N) is 7. The maximum absolute atomic E-state index is 5.60. The molecule has 7 rings (SSSR count). The summed E-state index contributed by atoms with van der Waals surface area (Å²) >= 11 is 1.68. The lowest BCUT2D eigenvalue weighted by molar-refractivity contribution is -0.0344. The Morgan fingerprint density at radius 2 is 1.77 bits per heavy atom. The molecule has 4 aromatic rings. The number of hydrogen-bond donors (Lipinski definition) is 1. The van der Waals surface area contributed by atoms with Gasteiger partial charge in [-0.05, 0) is 6.07 Å². The summed E-state index contributed by atoms with van der Waals surface area (Å²) in [6.07, 6.45) is 5.62. The predicted molar refractivity (Wildman–Crippen MR) is 135 cm³/mol. The Balaban J connectivity index is 1.20. The first kappa shape index (κ1) is 21.6. The van der Waals surface area contributed by atoms with Gasteiger partial charge in [0.25, 0.3) is 0 Å². The lowest BCUT2D eigenvalue weighted by Gasteiger charge is -2.46. The van der Waals surface area contributed by atoms with Crippen molar-refractivity contribution < 1.29 is 9.47 Å². The first-order valence-corrected chi connectivity index (χ1v) is 13.1. The number of nitrogens with one attached hydrogen (secondary N) is 1. The molecule has 3 aliphatic rings. The Morgan fingerprint density at radius 1 is 0.971 bits per heavy atom. The number of likely N-dealkylation sites (tertiary alicyclic amines) is 1. The minimum absolute atomic E-state index is 0.637. The number of anilines is 1. The normalized spacial score (nSPS) is 20.6. The molecule has 1 N–H and O–H groups in total. The Kier molecular flexibility index (Phi) is 5.59. The van der Waals surface area contributed by atoms with Crippen LogP contribution >= 0.6 is 11.3 Å². The third kappa shape index (κ3) is 4.07. The van der Waals surface area contributed by atoms with Crippen LogP contribution in [0, 0.1) is 0 Å². The summed E-state index contributed by atoms with van der Waals surface area (Å²) in [7, 11) is 0. The average molecular weight is 493 g/mol. The summed E-state index contributed by atoms with van der Waals surface area (Å²) in [4.78, 5) is 31.0. The third-order valence-electron chi connectivity index (χ3n) is 7.17. The van der Waals surface area contributed by atoms with E-state index in [1.54, 1.807) is 11.3 Å². The number of fused-ring (bicyclic) bond motifs is 2. The topological polar surface area (TPSA) is 95.5 Å². The maximum Gasteiger partial charge on any atom is 0.165 e. The lowest BCUT2D eigenvalue weighted by atomic mass is 10.1. The van der Waals surface area contributed by atoms with Gasteiger partial charge in [-0.1, -0.05) is 11.3 Å². The second-order valence-electron chi connectivity index (χ2n) is 9.35. The molecule has 182 valence electrons. The smallest absolute Gasteiger partial charge is 0.165 e. The molecule has 0 atom stereocenters. The van der Waals surface area contributed by atoms with Gasteiger partial charge in [0.1, 0.15) is 15.4 Å². The molecule has 0 saturated carbocycles. The lowest BCUT2D eigenvalue weighted by Crippen LogP contribution is -2.60. The van der Waals surface area contributed by atoms with E-state index in [0.717, 1.165) is 96.7 Å². The standard InChI is InChI=1S/C24H28N8O2S/c1-2-26-19-12-25-11-18(17(1)19)22-28-23(32-5-9-34-10-6-32)21-24(29-22)35-20(27-21)15-30-13-16(14-30)31-3-7-33-8-4-31/h1-2,11-12,16,26H,3-10,13-15H2. The first-order chi connectivity index (χ1) is 17.3. The van der Waals surface area contributed by atoms with E-state index in [2.05, 4.69) is 30.7 Å². The molecule has 35 heavy (non-hydrogen) atoms. The highest BCUT2D eigenvalue weighted by Crippen LogP contribution is 2.34. The van der Waals surface area contributed by atoms with Crippen LogP contribution < -0.4 is 4.90 Å². The molecule has 10 nitrogen and oxygen atoms in total. The zero-order valence-corrected chi connectivity index (χ0v) is 20.3. The Labute approximate surface area is 206 Å². The number of rotatable bonds is 5. The van der Waals surface area contributed by atoms with Crippen LogP contribution in [0.15, 0.2) is 24.7 Å². The van der Waals surface area contributed by atoms with Crippen LogP contribution in [0.4, 0.5) is 5.82 Å². The number of aromatic nitrogens is 5. The molecule has 0 spiro atoms. The van der Waals surface area contributed by atoms with Crippen molar-refractivity contribution in [3.63, 3.8) is 0 Å². The molecule has 3 fully saturated rings. The number of H-pyrrole nitrogens is 1. The molecular weight excluding hydrogens is 464 g/mol. The minimum atomic E-state index is 0.637. The fraction of sp³-hybridized carbons (Fsp3) is 0.500. The van der Waals surface area contributed by atoms with Crippen molar-refractivity contribution in [1.82, 2.24) is 34.7 Å². The van der Waals surface area contributed by atoms with Gasteiger partial charge in [-0.25, -0.2) is 15.0 Å². The third-order valence-corrected chi connectivity index (χ3v) is 8.11. The van der Waals surface area contributed by atoms with Gasteiger partial charge >= 0.3 is 0 Å². The van der Waals surface area contributed by atoms with E-state index in [0.29, 0.717) is 25.1 Å². The predicted octanol–water partition coefficient (Wildman–Crippen LogP) is 1.98. The van der Waals surface area contributed by atoms with Gasteiger partial charge in [0, 0.05) is 68.7 Å². The van der Waals surface area contributed by atoms with E-state index in [4.69, 9.17) is 24.4 Å². The van der Waals surface area contributed by atoms with Gasteiger partial charge in [-0.3, -0.25) is 14.8 Å². The molecule has 0 bridgehead atoms. The van der Waals surface area contributed by atoms with E-state index in [-0.39, 0.29) is 0 Å². The van der Waals surface area contributed by atoms with Gasteiger partial charge in [-0.15, -0.1) is 0 Å². The molecule has 3 aliphatic heterocycles. The highest BCUT2D eigenvalue weighted by molar-refractivity contribution is 7.18. The number of thiazole rings is 1. The molecule has 0 amide bonds. The molecule has 0 aliphatic carbocycles. The minimum Gasteiger partial charge on any atom is -0.379 e. The van der Waals surface area contributed by atoms with Gasteiger partial charge in [0.15, 0.2) is 11.6 Å².